The Balaban J connectivity index is 2.28. The second-order valence-electron chi connectivity index (χ2n) is 4.05. The van der Waals surface area contributed by atoms with Gasteiger partial charge in [0.25, 0.3) is 0 Å². The van der Waals surface area contributed by atoms with E-state index in [1.165, 1.54) is 29.9 Å². The van der Waals surface area contributed by atoms with Crippen LogP contribution in [0.1, 0.15) is 13.3 Å². The highest BCUT2D eigenvalue weighted by atomic mass is 35.5. The van der Waals surface area contributed by atoms with E-state index in [0.717, 1.165) is 0 Å². The smallest absolute Gasteiger partial charge is 0.228 e. The van der Waals surface area contributed by atoms with Crippen LogP contribution < -0.4 is 10.2 Å². The minimum atomic E-state index is -0.0769. The molecule has 8 heteroatoms. The van der Waals surface area contributed by atoms with Gasteiger partial charge in [-0.05, 0) is 0 Å². The summed E-state index contributed by atoms with van der Waals surface area (Å²) in [4.78, 5) is 32.6. The first-order valence-electron chi connectivity index (χ1n) is 5.68. The molecular formula is C11H13ClN4O2S. The Morgan fingerprint density at radius 3 is 2.95 bits per heavy atom. The molecule has 2 rings (SSSR count). The monoisotopic (exact) mass is 300 g/mol. The van der Waals surface area contributed by atoms with Crippen LogP contribution in [0.25, 0.3) is 0 Å². The van der Waals surface area contributed by atoms with Crippen molar-refractivity contribution in [1.29, 1.82) is 0 Å². The van der Waals surface area contributed by atoms with Crippen molar-refractivity contribution >= 4 is 45.9 Å². The first-order valence-corrected chi connectivity index (χ1v) is 6.94. The van der Waals surface area contributed by atoms with Gasteiger partial charge in [-0.3, -0.25) is 9.59 Å². The zero-order valence-electron chi connectivity index (χ0n) is 10.5. The maximum Gasteiger partial charge on any atom is 0.228 e. The highest BCUT2D eigenvalue weighted by Crippen LogP contribution is 2.35. The number of hydrogen-bond acceptors (Lipinski definition) is 6. The molecule has 1 saturated heterocycles. The van der Waals surface area contributed by atoms with Gasteiger partial charge in [0.05, 0.1) is 0 Å². The number of carbonyl (C=O) groups is 2. The molecule has 2 heterocycles. The van der Waals surface area contributed by atoms with E-state index in [4.69, 9.17) is 11.6 Å². The maximum atomic E-state index is 12.0. The SMILES string of the molecule is CNc1ncnc(Cl)c1N1CC(SC(C)=O)CC1=O. The number of nitrogens with zero attached hydrogens (tertiary/aromatic N) is 3. The van der Waals surface area contributed by atoms with Crippen LogP contribution in [0.5, 0.6) is 0 Å². The lowest BCUT2D eigenvalue weighted by atomic mass is 10.4. The topological polar surface area (TPSA) is 75.2 Å². The van der Waals surface area contributed by atoms with E-state index in [1.54, 1.807) is 7.05 Å². The third kappa shape index (κ3) is 2.98. The van der Waals surface area contributed by atoms with Crippen LogP contribution in [-0.2, 0) is 9.59 Å². The van der Waals surface area contributed by atoms with Crippen LogP contribution in [-0.4, -0.2) is 39.8 Å². The first kappa shape index (κ1) is 14.1. The molecule has 1 fully saturated rings. The van der Waals surface area contributed by atoms with Crippen LogP contribution in [0.2, 0.25) is 5.15 Å². The van der Waals surface area contributed by atoms with Crippen LogP contribution in [0.15, 0.2) is 6.33 Å². The van der Waals surface area contributed by atoms with Gasteiger partial charge in [0, 0.05) is 32.2 Å². The van der Waals surface area contributed by atoms with Gasteiger partial charge in [-0.1, -0.05) is 23.4 Å². The Morgan fingerprint density at radius 1 is 1.58 bits per heavy atom. The van der Waals surface area contributed by atoms with Crippen LogP contribution in [0, 0.1) is 0 Å². The van der Waals surface area contributed by atoms with Crippen molar-refractivity contribution < 1.29 is 9.59 Å². The standard InChI is InChI=1S/C11H13ClN4O2S/c1-6(17)19-7-3-8(18)16(4-7)9-10(12)14-5-15-11(9)13-2/h5,7H,3-4H2,1-2H3,(H,13,14,15). The molecule has 6 nitrogen and oxygen atoms in total. The highest BCUT2D eigenvalue weighted by molar-refractivity contribution is 8.14. The number of carbonyl (C=O) groups excluding carboxylic acids is 2. The number of hydrogen-bond donors (Lipinski definition) is 1. The predicted octanol–water partition coefficient (Wildman–Crippen LogP) is 1.56. The van der Waals surface area contributed by atoms with Crippen LogP contribution in [0.3, 0.4) is 0 Å². The third-order valence-corrected chi connectivity index (χ3v) is 3.96. The average molecular weight is 301 g/mol. The summed E-state index contributed by atoms with van der Waals surface area (Å²) in [5.41, 5.74) is 0.475. The minimum Gasteiger partial charge on any atom is -0.371 e. The summed E-state index contributed by atoms with van der Waals surface area (Å²) in [7, 11) is 1.70. The van der Waals surface area contributed by atoms with Crippen molar-refractivity contribution in [2.45, 2.75) is 18.6 Å². The Labute approximate surface area is 119 Å². The molecule has 1 atom stereocenters. The number of thioether (sulfide) groups is 1. The lowest BCUT2D eigenvalue weighted by Crippen LogP contribution is -2.26. The minimum absolute atomic E-state index is 0.00361. The molecule has 19 heavy (non-hydrogen) atoms. The van der Waals surface area contributed by atoms with Crippen molar-refractivity contribution in [1.82, 2.24) is 9.97 Å². The average Bonchev–Trinajstić information content (AvgIpc) is 2.68. The van der Waals surface area contributed by atoms with Crippen molar-refractivity contribution in [2.75, 3.05) is 23.8 Å². The van der Waals surface area contributed by atoms with E-state index in [2.05, 4.69) is 15.3 Å². The van der Waals surface area contributed by atoms with Gasteiger partial charge >= 0.3 is 0 Å². The molecule has 102 valence electrons. The van der Waals surface area contributed by atoms with Crippen LogP contribution >= 0.6 is 23.4 Å². The Morgan fingerprint density at radius 2 is 2.32 bits per heavy atom. The van der Waals surface area contributed by atoms with Crippen molar-refractivity contribution in [3.05, 3.63) is 11.5 Å². The lowest BCUT2D eigenvalue weighted by Gasteiger charge is -2.19. The van der Waals surface area contributed by atoms with Gasteiger partial charge in [-0.2, -0.15) is 0 Å². The molecular weight excluding hydrogens is 288 g/mol. The second kappa shape index (κ2) is 5.75. The molecule has 1 aliphatic rings. The molecule has 1 aromatic heterocycles. The summed E-state index contributed by atoms with van der Waals surface area (Å²) in [6.07, 6.45) is 1.65. The van der Waals surface area contributed by atoms with Gasteiger partial charge < -0.3 is 10.2 Å². The molecule has 0 aromatic carbocycles. The summed E-state index contributed by atoms with van der Waals surface area (Å²) in [5.74, 6) is 0.425. The van der Waals surface area contributed by atoms with E-state index in [-0.39, 0.29) is 21.4 Å². The van der Waals surface area contributed by atoms with E-state index in [0.29, 0.717) is 24.5 Å². The summed E-state index contributed by atoms with van der Waals surface area (Å²) < 4.78 is 0. The van der Waals surface area contributed by atoms with E-state index in [1.807, 2.05) is 0 Å². The first-order chi connectivity index (χ1) is 9.02. The lowest BCUT2D eigenvalue weighted by molar-refractivity contribution is -0.117. The van der Waals surface area contributed by atoms with Gasteiger partial charge in [0.2, 0.25) is 5.91 Å². The van der Waals surface area contributed by atoms with Gasteiger partial charge in [0.15, 0.2) is 16.1 Å². The van der Waals surface area contributed by atoms with Crippen molar-refractivity contribution in [3.63, 3.8) is 0 Å². The molecule has 1 N–H and O–H groups in total. The van der Waals surface area contributed by atoms with Crippen molar-refractivity contribution in [2.24, 2.45) is 0 Å². The number of aromatic nitrogens is 2. The summed E-state index contributed by atoms with van der Waals surface area (Å²) >= 11 is 7.23. The zero-order valence-corrected chi connectivity index (χ0v) is 12.1. The number of anilines is 2. The molecule has 0 saturated carbocycles. The van der Waals surface area contributed by atoms with Gasteiger partial charge in [-0.15, -0.1) is 0 Å². The fourth-order valence-corrected chi connectivity index (χ4v) is 3.14. The maximum absolute atomic E-state index is 12.0. The zero-order chi connectivity index (χ0) is 14.0. The van der Waals surface area contributed by atoms with Gasteiger partial charge in [-0.25, -0.2) is 9.97 Å². The van der Waals surface area contributed by atoms with Crippen LogP contribution in [0.4, 0.5) is 11.5 Å². The normalized spacial score (nSPS) is 18.8. The molecule has 1 aromatic rings. The largest absolute Gasteiger partial charge is 0.371 e. The predicted molar refractivity (Wildman–Crippen MR) is 75.6 cm³/mol. The quantitative estimate of drug-likeness (QED) is 0.854. The number of halogens is 1. The molecule has 0 spiro atoms. The van der Waals surface area contributed by atoms with E-state index >= 15 is 0 Å². The van der Waals surface area contributed by atoms with Crippen molar-refractivity contribution in [3.8, 4) is 0 Å². The molecule has 0 aliphatic carbocycles. The van der Waals surface area contributed by atoms with E-state index in [9.17, 15) is 9.59 Å². The molecule has 0 radical (unpaired) electrons. The summed E-state index contributed by atoms with van der Waals surface area (Å²) in [6, 6.07) is 0. The number of rotatable bonds is 3. The third-order valence-electron chi connectivity index (χ3n) is 2.71. The molecule has 1 aliphatic heterocycles. The molecule has 0 bridgehead atoms. The summed E-state index contributed by atoms with van der Waals surface area (Å²) in [5, 5.41) is 3.06. The summed E-state index contributed by atoms with van der Waals surface area (Å²) in [6.45, 7) is 1.93. The Bertz CT molecular complexity index is 525. The highest BCUT2D eigenvalue weighted by Gasteiger charge is 2.34. The number of amides is 1. The number of nitrogens with one attached hydrogen (secondary N) is 1. The van der Waals surface area contributed by atoms with Gasteiger partial charge in [0.1, 0.15) is 12.0 Å². The second-order valence-corrected chi connectivity index (χ2v) is 5.89. The Hall–Kier alpha value is -1.34. The fourth-order valence-electron chi connectivity index (χ4n) is 1.98. The Kier molecular flexibility index (Phi) is 4.26. The van der Waals surface area contributed by atoms with E-state index < -0.39 is 0 Å². The fraction of sp³-hybridized carbons (Fsp3) is 0.455. The molecule has 1 unspecified atom stereocenters. The molecule has 1 amide bonds.